The summed E-state index contributed by atoms with van der Waals surface area (Å²) in [7, 11) is 0. The highest BCUT2D eigenvalue weighted by molar-refractivity contribution is 6.58. The number of esters is 3. The molecule has 0 spiro atoms. The summed E-state index contributed by atoms with van der Waals surface area (Å²) in [6.45, 7) is -11.0. The highest BCUT2D eigenvalue weighted by atomic mass is 19.3. The monoisotopic (exact) mass is 1230 g/mol. The number of rotatable bonds is 27. The van der Waals surface area contributed by atoms with Gasteiger partial charge in [0, 0.05) is 109 Å². The molecule has 0 bridgehead atoms. The first kappa shape index (κ1) is 59.1. The molecule has 0 radical (unpaired) electrons. The van der Waals surface area contributed by atoms with Gasteiger partial charge in [-0.3, -0.25) is 28.4 Å². The van der Waals surface area contributed by atoms with Crippen LogP contribution in [0.2, 0.25) is 0 Å². The van der Waals surface area contributed by atoms with Crippen LogP contribution in [-0.4, -0.2) is 149 Å². The summed E-state index contributed by atoms with van der Waals surface area (Å²) >= 11 is 0. The Kier molecular flexibility index (Phi) is 16.1. The largest absolute Gasteiger partial charge is 0.736 e. The van der Waals surface area contributed by atoms with Crippen LogP contribution in [0.5, 0.6) is 0 Å². The molecule has 6 aliphatic rings. The van der Waals surface area contributed by atoms with E-state index in [1.54, 1.807) is 86.9 Å². The van der Waals surface area contributed by atoms with Gasteiger partial charge in [-0.05, 0) is 112 Å². The molecule has 0 N–H and O–H groups in total. The molecule has 462 valence electrons. The normalized spacial score (nSPS) is 16.8. The fraction of sp³-hybridized carbons (Fsp3) is 0.300. The number of ether oxygens (including phenoxy) is 3. The maximum atomic E-state index is 15.1. The number of carbonyl (C=O) groups excluding carboxylic acids is 3. The number of fused-ring (bicyclic) bond motifs is 6. The average Bonchev–Trinajstić information content (AvgIpc) is 1.56. The van der Waals surface area contributed by atoms with E-state index in [9.17, 15) is 14.4 Å². The second-order valence-electron chi connectivity index (χ2n) is 22.8. The second-order valence-corrected chi connectivity index (χ2v) is 22.8. The van der Waals surface area contributed by atoms with Crippen molar-refractivity contribution in [1.82, 2.24) is 58.4 Å². The van der Waals surface area contributed by atoms with Gasteiger partial charge < -0.3 is 67.0 Å². The molecule has 21 nitrogen and oxygen atoms in total. The van der Waals surface area contributed by atoms with Crippen molar-refractivity contribution in [1.29, 1.82) is 0 Å². The van der Waals surface area contributed by atoms with E-state index in [1.807, 2.05) is 36.8 Å². The predicted octanol–water partition coefficient (Wildman–Crippen LogP) is 9.08. The van der Waals surface area contributed by atoms with Crippen molar-refractivity contribution < 1.29 is 67.9 Å². The molecule has 0 saturated heterocycles. The highest BCUT2D eigenvalue weighted by Gasteiger charge is 2.54. The number of benzene rings is 1. The number of halogens is 6. The van der Waals surface area contributed by atoms with Gasteiger partial charge in [-0.1, -0.05) is 34.9 Å². The molecule has 0 unspecified atom stereocenters. The molecule has 13 rings (SSSR count). The Balaban J connectivity index is 0.611. The molecule has 30 heteroatoms. The molecule has 0 fully saturated rings. The van der Waals surface area contributed by atoms with Gasteiger partial charge >= 0.3 is 38.8 Å². The van der Waals surface area contributed by atoms with Crippen LogP contribution in [0.1, 0.15) is 94.1 Å². The molecule has 6 aromatic heterocycles. The molecule has 0 amide bonds. The Hall–Kier alpha value is -9.89. The fourth-order valence-corrected chi connectivity index (χ4v) is 12.3. The maximum absolute atomic E-state index is 15.1. The summed E-state index contributed by atoms with van der Waals surface area (Å²) < 4.78 is 118. The summed E-state index contributed by atoms with van der Waals surface area (Å²) in [4.78, 5) is 38.6. The highest BCUT2D eigenvalue weighted by Crippen LogP contribution is 2.39. The first-order chi connectivity index (χ1) is 43.6. The zero-order valence-electron chi connectivity index (χ0n) is 48.7. The number of hydrogen-bond acceptors (Lipinski definition) is 12. The van der Waals surface area contributed by atoms with Crippen LogP contribution < -0.4 is 0 Å². The van der Waals surface area contributed by atoms with E-state index in [4.69, 9.17) is 14.2 Å². The van der Waals surface area contributed by atoms with Crippen LogP contribution >= 0.6 is 0 Å². The van der Waals surface area contributed by atoms with Crippen molar-refractivity contribution >= 4 is 74.2 Å². The Morgan fingerprint density at radius 1 is 0.422 bits per heavy atom. The van der Waals surface area contributed by atoms with Crippen molar-refractivity contribution in [3.63, 3.8) is 0 Å². The van der Waals surface area contributed by atoms with Gasteiger partial charge in [-0.15, -0.1) is 15.3 Å². The molecule has 0 aliphatic carbocycles. The Labute approximate surface area is 511 Å². The fourth-order valence-electron chi connectivity index (χ4n) is 12.3. The smallest absolute Gasteiger partial charge is 0.460 e. The van der Waals surface area contributed by atoms with Gasteiger partial charge in [0.1, 0.15) is 55.5 Å². The third-order valence-electron chi connectivity index (χ3n) is 16.9. The zero-order chi connectivity index (χ0) is 62.2. The third kappa shape index (κ3) is 11.6. The molecule has 90 heavy (non-hydrogen) atoms. The number of aryl methyl sites for hydroxylation is 3. The number of aromatic nitrogens is 12. The van der Waals surface area contributed by atoms with Crippen LogP contribution in [-0.2, 0) is 48.2 Å². The standard InChI is InChI=1S/C60H60B3F6N15O6/c64-61(65)79-28-10-16-52(79)46(53-17-11-29-80(53)61)40-88-58(85)22-4-1-7-25-76-37-49(70-73-76)43-34-44(50-38-77(74-71-50)26-8-2-5-23-59(86)89-41-47-54-18-12-30-81(54)62(66,67)82-31-13-19-55(47)82)36-45(35-43)51-39-78(75-72-51)27-9-3-6-24-60(87)90-42-48-56-20-14-32-83(56)63(68,69)84-33-15-21-57(48)84/h10-21,28-39H,1-9,22-27,40-42H2. The summed E-state index contributed by atoms with van der Waals surface area (Å²) in [5.74, 6) is -1.27. The van der Waals surface area contributed by atoms with Gasteiger partial charge in [-0.25, -0.2) is 0 Å². The SMILES string of the molecule is O=C(CCCCCn1cc(-c2cc(-c3cn(CCCCCC(=O)OCC4=C5C=CC=[N+]5[B-](F)(F)n5cccc54)nn3)cc(-c3cn(CCCCCC(=O)OCC4=C5C=CC=[N+]5[B-](F)(F)n5cccc54)nn3)c2)nn1)OCC1=C2C=CC=[N+]2[B-](F)(F)n2cccc21. The maximum Gasteiger partial charge on any atom is 0.736 e. The molecular weight excluding hydrogens is 1170 g/mol. The summed E-state index contributed by atoms with van der Waals surface area (Å²) in [6.07, 6.45) is 29.2. The number of carbonyl (C=O) groups is 3. The van der Waals surface area contributed by atoms with E-state index in [2.05, 4.69) is 30.9 Å². The van der Waals surface area contributed by atoms with E-state index in [1.165, 1.54) is 37.2 Å². The van der Waals surface area contributed by atoms with Gasteiger partial charge in [-0.2, -0.15) is 0 Å². The lowest BCUT2D eigenvalue weighted by Gasteiger charge is -2.30. The van der Waals surface area contributed by atoms with Crippen molar-refractivity contribution in [2.75, 3.05) is 19.8 Å². The minimum absolute atomic E-state index is 0.135. The quantitative estimate of drug-likeness (QED) is 0.0156. The number of nitrogens with zero attached hydrogens (tertiary/aromatic N) is 15. The van der Waals surface area contributed by atoms with Gasteiger partial charge in [0.05, 0.1) is 35.3 Å². The van der Waals surface area contributed by atoms with E-state index >= 15 is 25.9 Å². The number of hydrogen-bond donors (Lipinski definition) is 0. The van der Waals surface area contributed by atoms with Crippen LogP contribution in [0.3, 0.4) is 0 Å². The van der Waals surface area contributed by atoms with Crippen LogP contribution in [0.4, 0.5) is 25.9 Å². The minimum Gasteiger partial charge on any atom is -0.460 e. The van der Waals surface area contributed by atoms with E-state index in [0.717, 1.165) is 43.6 Å². The number of unbranched alkanes of at least 4 members (excludes halogenated alkanes) is 6. The summed E-state index contributed by atoms with van der Waals surface area (Å²) in [6, 6.07) is 15.3. The molecular formula is C60H60B3F6N15O6. The Morgan fingerprint density at radius 3 is 1.02 bits per heavy atom. The topological polar surface area (TPSA) is 195 Å². The van der Waals surface area contributed by atoms with Crippen molar-refractivity contribution in [3.8, 4) is 33.8 Å². The first-order valence-electron chi connectivity index (χ1n) is 30.1. The van der Waals surface area contributed by atoms with Gasteiger partial charge in [0.25, 0.3) is 0 Å². The molecule has 0 atom stereocenters. The molecule has 0 saturated carbocycles. The van der Waals surface area contributed by atoms with Gasteiger partial charge in [0.2, 0.25) is 0 Å². The molecule has 6 aliphatic heterocycles. The van der Waals surface area contributed by atoms with Crippen molar-refractivity contribution in [2.45, 2.75) is 96.7 Å². The zero-order valence-corrected chi connectivity index (χ0v) is 48.7. The Morgan fingerprint density at radius 2 is 0.722 bits per heavy atom. The van der Waals surface area contributed by atoms with Crippen LogP contribution in [0.25, 0.3) is 50.5 Å². The van der Waals surface area contributed by atoms with E-state index in [-0.39, 0.29) is 39.1 Å². The van der Waals surface area contributed by atoms with E-state index in [0.29, 0.717) is 145 Å². The third-order valence-corrected chi connectivity index (χ3v) is 16.9. The summed E-state index contributed by atoms with van der Waals surface area (Å²) in [5, 5.41) is 26.8. The average molecular weight is 1230 g/mol. The lowest BCUT2D eigenvalue weighted by Crippen LogP contribution is -2.49. The predicted molar refractivity (Wildman–Crippen MR) is 322 cm³/mol. The molecule has 7 aromatic rings. The van der Waals surface area contributed by atoms with E-state index < -0.39 is 38.8 Å². The van der Waals surface area contributed by atoms with Crippen LogP contribution in [0, 0.1) is 0 Å². The number of allylic oxidation sites excluding steroid dienone is 6. The lowest BCUT2D eigenvalue weighted by molar-refractivity contribution is -0.357. The molecule has 1 aromatic carbocycles. The van der Waals surface area contributed by atoms with Crippen molar-refractivity contribution in [2.24, 2.45) is 0 Å². The van der Waals surface area contributed by atoms with Crippen molar-refractivity contribution in [3.05, 3.63) is 162 Å². The summed E-state index contributed by atoms with van der Waals surface area (Å²) in [5.41, 5.74) is 7.39. The molecule has 12 heterocycles. The first-order valence-corrected chi connectivity index (χ1v) is 30.1. The van der Waals surface area contributed by atoms with Gasteiger partial charge in [0.15, 0.2) is 17.1 Å². The Bertz CT molecular complexity index is 3850. The second kappa shape index (κ2) is 24.6. The minimum atomic E-state index is -4.04. The lowest BCUT2D eigenvalue weighted by atomic mass is 9.89. The van der Waals surface area contributed by atoms with Crippen LogP contribution in [0.15, 0.2) is 145 Å².